The lowest BCUT2D eigenvalue weighted by atomic mass is 9.54. The number of carbonyl (C=O) groups excluding carboxylic acids is 1. The van der Waals surface area contributed by atoms with Crippen LogP contribution in [-0.2, 0) is 9.53 Å². The summed E-state index contributed by atoms with van der Waals surface area (Å²) in [6, 6.07) is 0. The predicted molar refractivity (Wildman–Crippen MR) is 63.0 cm³/mol. The first-order chi connectivity index (χ1) is 8.55. The smallest absolute Gasteiger partial charge is 0.408 e. The molecule has 4 aliphatic carbocycles. The number of hydrogen-bond donors (Lipinski definition) is 2. The number of carbonyl (C=O) groups is 2. The monoisotopic (exact) mass is 253 g/mol. The Morgan fingerprint density at radius 2 is 1.61 bits per heavy atom. The molecule has 100 valence electrons. The molecule has 18 heavy (non-hydrogen) atoms. The second-order valence-corrected chi connectivity index (χ2v) is 6.24. The van der Waals surface area contributed by atoms with Crippen molar-refractivity contribution < 1.29 is 19.4 Å². The van der Waals surface area contributed by atoms with E-state index in [1.807, 2.05) is 0 Å². The van der Waals surface area contributed by atoms with Gasteiger partial charge in [0.1, 0.15) is 12.1 Å². The van der Waals surface area contributed by atoms with Crippen LogP contribution in [0.5, 0.6) is 0 Å². The fourth-order valence-corrected chi connectivity index (χ4v) is 4.54. The van der Waals surface area contributed by atoms with Gasteiger partial charge in [-0.1, -0.05) is 0 Å². The Hall–Kier alpha value is -1.26. The van der Waals surface area contributed by atoms with Crippen LogP contribution in [0.1, 0.15) is 38.5 Å². The maximum Gasteiger partial charge on any atom is 0.408 e. The maximum absolute atomic E-state index is 11.6. The molecule has 0 aliphatic heterocycles. The third-order valence-electron chi connectivity index (χ3n) is 4.68. The summed E-state index contributed by atoms with van der Waals surface area (Å²) in [5, 5.41) is 10.8. The van der Waals surface area contributed by atoms with Crippen LogP contribution in [0.4, 0.5) is 4.79 Å². The summed E-state index contributed by atoms with van der Waals surface area (Å²) in [5.74, 6) is 1.09. The first kappa shape index (κ1) is 11.8. The summed E-state index contributed by atoms with van der Waals surface area (Å²) >= 11 is 0. The zero-order valence-electron chi connectivity index (χ0n) is 10.4. The SMILES string of the molecule is O=C(O)CNC(=O)OC12CC3CC(CC(C3)C1)C2. The third kappa shape index (κ3) is 2.18. The summed E-state index contributed by atoms with van der Waals surface area (Å²) < 4.78 is 5.59. The van der Waals surface area contributed by atoms with Crippen molar-refractivity contribution in [3.8, 4) is 0 Å². The van der Waals surface area contributed by atoms with E-state index in [4.69, 9.17) is 9.84 Å². The highest BCUT2D eigenvalue weighted by Gasteiger charge is 2.53. The van der Waals surface area contributed by atoms with Crippen LogP contribution in [0.2, 0.25) is 0 Å². The third-order valence-corrected chi connectivity index (χ3v) is 4.68. The van der Waals surface area contributed by atoms with Crippen LogP contribution in [-0.4, -0.2) is 29.3 Å². The number of carboxylic acids is 1. The molecule has 0 aromatic rings. The van der Waals surface area contributed by atoms with Gasteiger partial charge in [-0.25, -0.2) is 4.79 Å². The highest BCUT2D eigenvalue weighted by molar-refractivity contribution is 5.76. The van der Waals surface area contributed by atoms with E-state index < -0.39 is 12.1 Å². The molecule has 0 radical (unpaired) electrons. The molecule has 4 rings (SSSR count). The van der Waals surface area contributed by atoms with Crippen molar-refractivity contribution in [1.29, 1.82) is 0 Å². The van der Waals surface area contributed by atoms with E-state index in [2.05, 4.69) is 5.32 Å². The number of ether oxygens (including phenoxy) is 1. The van der Waals surface area contributed by atoms with E-state index in [1.165, 1.54) is 19.3 Å². The highest BCUT2D eigenvalue weighted by Crippen LogP contribution is 2.57. The molecule has 0 atom stereocenters. The van der Waals surface area contributed by atoms with Crippen molar-refractivity contribution in [3.05, 3.63) is 0 Å². The predicted octanol–water partition coefficient (Wildman–Crippen LogP) is 1.77. The standard InChI is InChI=1S/C13H19NO4/c15-11(16)7-14-12(17)18-13-4-8-1-9(5-13)3-10(2-8)6-13/h8-10H,1-7H2,(H,14,17)(H,15,16). The van der Waals surface area contributed by atoms with Crippen LogP contribution >= 0.6 is 0 Å². The molecule has 1 amide bonds. The van der Waals surface area contributed by atoms with E-state index >= 15 is 0 Å². The average molecular weight is 253 g/mol. The minimum atomic E-state index is -1.04. The molecule has 4 bridgehead atoms. The van der Waals surface area contributed by atoms with E-state index in [0.29, 0.717) is 17.8 Å². The Morgan fingerprint density at radius 1 is 1.11 bits per heavy atom. The van der Waals surface area contributed by atoms with Crippen molar-refractivity contribution in [2.45, 2.75) is 44.1 Å². The second-order valence-electron chi connectivity index (χ2n) is 6.24. The lowest BCUT2D eigenvalue weighted by Gasteiger charge is -2.55. The van der Waals surface area contributed by atoms with E-state index in [0.717, 1.165) is 19.3 Å². The van der Waals surface area contributed by atoms with Crippen LogP contribution in [0.25, 0.3) is 0 Å². The second kappa shape index (κ2) is 4.14. The number of aliphatic carboxylic acids is 1. The van der Waals surface area contributed by atoms with Crippen LogP contribution < -0.4 is 5.32 Å². The van der Waals surface area contributed by atoms with Crippen molar-refractivity contribution in [2.24, 2.45) is 17.8 Å². The average Bonchev–Trinajstić information content (AvgIpc) is 2.23. The number of rotatable bonds is 3. The van der Waals surface area contributed by atoms with Crippen LogP contribution in [0, 0.1) is 17.8 Å². The first-order valence-corrected chi connectivity index (χ1v) is 6.73. The van der Waals surface area contributed by atoms with Crippen LogP contribution in [0.3, 0.4) is 0 Å². The fraction of sp³-hybridized carbons (Fsp3) is 0.846. The van der Waals surface area contributed by atoms with Gasteiger partial charge in [-0.15, -0.1) is 0 Å². The van der Waals surface area contributed by atoms with E-state index in [1.54, 1.807) is 0 Å². The molecule has 0 spiro atoms. The van der Waals surface area contributed by atoms with Gasteiger partial charge < -0.3 is 15.2 Å². The summed E-state index contributed by atoms with van der Waals surface area (Å²) in [6.45, 7) is -0.370. The Balaban J connectivity index is 1.61. The van der Waals surface area contributed by atoms with Crippen molar-refractivity contribution in [1.82, 2.24) is 5.32 Å². The molecule has 0 saturated heterocycles. The van der Waals surface area contributed by atoms with Gasteiger partial charge in [-0.2, -0.15) is 0 Å². The minimum Gasteiger partial charge on any atom is -0.480 e. The lowest BCUT2D eigenvalue weighted by molar-refractivity contribution is -0.137. The molecule has 0 heterocycles. The molecular weight excluding hydrogens is 234 g/mol. The fourth-order valence-electron chi connectivity index (χ4n) is 4.54. The summed E-state index contributed by atoms with van der Waals surface area (Å²) in [4.78, 5) is 22.0. The molecular formula is C13H19NO4. The molecule has 4 aliphatic rings. The molecule has 4 saturated carbocycles. The normalized spacial score (nSPS) is 40.6. The Bertz CT molecular complexity index is 344. The van der Waals surface area contributed by atoms with Crippen LogP contribution in [0.15, 0.2) is 0 Å². The Labute approximate surface area is 106 Å². The molecule has 0 unspecified atom stereocenters. The molecule has 0 aromatic carbocycles. The number of alkyl carbamates (subject to hydrolysis) is 1. The van der Waals surface area contributed by atoms with Gasteiger partial charge >= 0.3 is 12.1 Å². The zero-order chi connectivity index (χ0) is 12.8. The topological polar surface area (TPSA) is 75.6 Å². The first-order valence-electron chi connectivity index (χ1n) is 6.73. The zero-order valence-corrected chi connectivity index (χ0v) is 10.4. The maximum atomic E-state index is 11.6. The van der Waals surface area contributed by atoms with Gasteiger partial charge in [0.2, 0.25) is 0 Å². The largest absolute Gasteiger partial charge is 0.480 e. The summed E-state index contributed by atoms with van der Waals surface area (Å²) in [7, 11) is 0. The van der Waals surface area contributed by atoms with Gasteiger partial charge in [-0.05, 0) is 56.3 Å². The Morgan fingerprint density at radius 3 is 2.06 bits per heavy atom. The quantitative estimate of drug-likeness (QED) is 0.803. The van der Waals surface area contributed by atoms with Gasteiger partial charge in [0.15, 0.2) is 0 Å². The molecule has 4 fully saturated rings. The van der Waals surface area contributed by atoms with Crippen molar-refractivity contribution >= 4 is 12.1 Å². The molecule has 2 N–H and O–H groups in total. The van der Waals surface area contributed by atoms with E-state index in [-0.39, 0.29) is 12.1 Å². The van der Waals surface area contributed by atoms with E-state index in [9.17, 15) is 9.59 Å². The molecule has 5 heteroatoms. The Kier molecular flexibility index (Phi) is 2.72. The highest BCUT2D eigenvalue weighted by atomic mass is 16.6. The van der Waals surface area contributed by atoms with Crippen molar-refractivity contribution in [2.75, 3.05) is 6.54 Å². The number of carboxylic acid groups (broad SMARTS) is 1. The molecule has 5 nitrogen and oxygen atoms in total. The minimum absolute atomic E-state index is 0.294. The van der Waals surface area contributed by atoms with Crippen molar-refractivity contribution in [3.63, 3.8) is 0 Å². The molecule has 0 aromatic heterocycles. The van der Waals surface area contributed by atoms with Gasteiger partial charge in [-0.3, -0.25) is 4.79 Å². The lowest BCUT2D eigenvalue weighted by Crippen LogP contribution is -2.54. The van der Waals surface area contributed by atoms with Gasteiger partial charge in [0, 0.05) is 0 Å². The number of nitrogens with one attached hydrogen (secondary N) is 1. The summed E-state index contributed by atoms with van der Waals surface area (Å²) in [5.41, 5.74) is -0.294. The van der Waals surface area contributed by atoms with Gasteiger partial charge in [0.25, 0.3) is 0 Å². The summed E-state index contributed by atoms with van der Waals surface area (Å²) in [6.07, 6.45) is 6.22. The number of hydrogen-bond acceptors (Lipinski definition) is 3. The van der Waals surface area contributed by atoms with Gasteiger partial charge in [0.05, 0.1) is 0 Å². The number of amides is 1.